The minimum Gasteiger partial charge on any atom is -0.481 e. The van der Waals surface area contributed by atoms with E-state index in [0.29, 0.717) is 24.4 Å². The molecule has 0 unspecified atom stereocenters. The number of sulfonamides is 1. The molecule has 33 heavy (non-hydrogen) atoms. The summed E-state index contributed by atoms with van der Waals surface area (Å²) in [4.78, 5) is 15.1. The van der Waals surface area contributed by atoms with Crippen LogP contribution in [0.5, 0.6) is 5.75 Å². The molecule has 1 amide bonds. The smallest absolute Gasteiger partial charge is 0.261 e. The van der Waals surface area contributed by atoms with Gasteiger partial charge in [0.25, 0.3) is 5.91 Å². The molecule has 1 aliphatic heterocycles. The van der Waals surface area contributed by atoms with E-state index in [1.165, 1.54) is 29.9 Å². The molecular weight excluding hydrogens is 438 g/mol. The number of ether oxygens (including phenoxy) is 1. The number of hydrogen-bond donors (Lipinski definition) is 1. The number of nitrogens with zero attached hydrogens (tertiary/aromatic N) is 2. The second-order valence-electron chi connectivity index (χ2n) is 8.82. The van der Waals surface area contributed by atoms with E-state index >= 15 is 0 Å². The van der Waals surface area contributed by atoms with Crippen molar-refractivity contribution in [3.8, 4) is 5.75 Å². The lowest BCUT2D eigenvalue weighted by atomic mass is 9.99. The Morgan fingerprint density at radius 2 is 1.85 bits per heavy atom. The molecule has 8 heteroatoms. The van der Waals surface area contributed by atoms with Gasteiger partial charge in [-0.3, -0.25) is 9.10 Å². The second-order valence-corrected chi connectivity index (χ2v) is 10.8. The Kier molecular flexibility index (Phi) is 8.24. The van der Waals surface area contributed by atoms with Crippen LogP contribution in [0.4, 0.5) is 11.4 Å². The highest BCUT2D eigenvalue weighted by Crippen LogP contribution is 2.24. The van der Waals surface area contributed by atoms with E-state index in [-0.39, 0.29) is 5.91 Å². The summed E-state index contributed by atoms with van der Waals surface area (Å²) in [5, 5.41) is 2.96. The van der Waals surface area contributed by atoms with Crippen molar-refractivity contribution in [3.05, 3.63) is 54.1 Å². The molecule has 2 aromatic carbocycles. The Hall–Kier alpha value is -2.74. The topological polar surface area (TPSA) is 78.9 Å². The molecule has 1 N–H and O–H groups in total. The largest absolute Gasteiger partial charge is 0.481 e. The number of piperidine rings is 1. The van der Waals surface area contributed by atoms with E-state index in [2.05, 4.69) is 41.4 Å². The molecule has 180 valence electrons. The van der Waals surface area contributed by atoms with Crippen molar-refractivity contribution < 1.29 is 17.9 Å². The maximum absolute atomic E-state index is 12.7. The van der Waals surface area contributed by atoms with Gasteiger partial charge in [0.15, 0.2) is 6.10 Å². The standard InChI is InChI=1S/C25H35N3O4S/c1-5-24(32-23-14-12-21(13-15-23)27(3)33(4,30)31)25(29)26-17-20-8-10-22(11-9-20)28-16-6-7-19(2)18-28/h8-15,19,24H,5-7,16-18H2,1-4H3,(H,26,29)/t19-,24+/m1/s1. The van der Waals surface area contributed by atoms with Gasteiger partial charge in [0.05, 0.1) is 11.9 Å². The van der Waals surface area contributed by atoms with Crippen LogP contribution in [0.2, 0.25) is 0 Å². The van der Waals surface area contributed by atoms with Crippen molar-refractivity contribution in [1.82, 2.24) is 5.32 Å². The molecule has 0 aromatic heterocycles. The zero-order valence-electron chi connectivity index (χ0n) is 20.0. The van der Waals surface area contributed by atoms with E-state index < -0.39 is 16.1 Å². The van der Waals surface area contributed by atoms with Gasteiger partial charge in [-0.2, -0.15) is 0 Å². The number of carbonyl (C=O) groups excluding carboxylic acids is 1. The molecule has 1 saturated heterocycles. The lowest BCUT2D eigenvalue weighted by molar-refractivity contribution is -0.128. The van der Waals surface area contributed by atoms with Gasteiger partial charge in [-0.25, -0.2) is 8.42 Å². The third-order valence-corrected chi connectivity index (χ3v) is 7.27. The molecular formula is C25H35N3O4S. The number of carbonyl (C=O) groups is 1. The molecule has 0 radical (unpaired) electrons. The fraction of sp³-hybridized carbons (Fsp3) is 0.480. The summed E-state index contributed by atoms with van der Waals surface area (Å²) in [6, 6.07) is 15.0. The SMILES string of the molecule is CC[C@H](Oc1ccc(N(C)S(C)(=O)=O)cc1)C(=O)NCc1ccc(N2CCC[C@@H](C)C2)cc1. The van der Waals surface area contributed by atoms with Crippen LogP contribution in [0.1, 0.15) is 38.7 Å². The van der Waals surface area contributed by atoms with Gasteiger partial charge in [0.2, 0.25) is 10.0 Å². The highest BCUT2D eigenvalue weighted by Gasteiger charge is 2.19. The third kappa shape index (κ3) is 6.87. The van der Waals surface area contributed by atoms with Crippen molar-refractivity contribution in [1.29, 1.82) is 0 Å². The fourth-order valence-electron chi connectivity index (χ4n) is 3.96. The molecule has 0 spiro atoms. The molecule has 2 atom stereocenters. The van der Waals surface area contributed by atoms with Crippen LogP contribution in [0.3, 0.4) is 0 Å². The first-order valence-electron chi connectivity index (χ1n) is 11.5. The number of amides is 1. The van der Waals surface area contributed by atoms with E-state index in [0.717, 1.165) is 30.8 Å². The molecule has 0 saturated carbocycles. The summed E-state index contributed by atoms with van der Waals surface area (Å²) in [6.07, 6.45) is 3.56. The van der Waals surface area contributed by atoms with Crippen LogP contribution in [-0.2, 0) is 21.4 Å². The molecule has 0 aliphatic carbocycles. The fourth-order valence-corrected chi connectivity index (χ4v) is 4.47. The minimum absolute atomic E-state index is 0.177. The van der Waals surface area contributed by atoms with E-state index in [4.69, 9.17) is 4.74 Å². The molecule has 1 aliphatic rings. The zero-order chi connectivity index (χ0) is 24.0. The predicted molar refractivity (Wildman–Crippen MR) is 133 cm³/mol. The second kappa shape index (κ2) is 10.9. The first kappa shape index (κ1) is 24.9. The van der Waals surface area contributed by atoms with E-state index in [1.807, 2.05) is 6.92 Å². The Bertz CT molecular complexity index is 1020. The lowest BCUT2D eigenvalue weighted by Crippen LogP contribution is -2.37. The Morgan fingerprint density at radius 1 is 1.18 bits per heavy atom. The highest BCUT2D eigenvalue weighted by molar-refractivity contribution is 7.92. The molecule has 1 heterocycles. The van der Waals surface area contributed by atoms with Gasteiger partial charge in [0.1, 0.15) is 5.75 Å². The Balaban J connectivity index is 1.53. The number of hydrogen-bond acceptors (Lipinski definition) is 5. The average molecular weight is 474 g/mol. The van der Waals surface area contributed by atoms with Crippen LogP contribution in [0.25, 0.3) is 0 Å². The number of benzene rings is 2. The summed E-state index contributed by atoms with van der Waals surface area (Å²) < 4.78 is 30.4. The van der Waals surface area contributed by atoms with Gasteiger partial charge in [-0.15, -0.1) is 0 Å². The van der Waals surface area contributed by atoms with Gasteiger partial charge < -0.3 is 15.0 Å². The van der Waals surface area contributed by atoms with Crippen molar-refractivity contribution in [2.45, 2.75) is 45.8 Å². The summed E-state index contributed by atoms with van der Waals surface area (Å²) >= 11 is 0. The number of rotatable bonds is 9. The maximum atomic E-state index is 12.7. The summed E-state index contributed by atoms with van der Waals surface area (Å²) in [5.74, 6) is 1.06. The van der Waals surface area contributed by atoms with Crippen LogP contribution >= 0.6 is 0 Å². The van der Waals surface area contributed by atoms with Crippen molar-refractivity contribution >= 4 is 27.3 Å². The van der Waals surface area contributed by atoms with Crippen molar-refractivity contribution in [2.24, 2.45) is 5.92 Å². The van der Waals surface area contributed by atoms with Gasteiger partial charge in [-0.05, 0) is 67.1 Å². The van der Waals surface area contributed by atoms with E-state index in [9.17, 15) is 13.2 Å². The number of anilines is 2. The average Bonchev–Trinajstić information content (AvgIpc) is 2.80. The van der Waals surface area contributed by atoms with Gasteiger partial charge in [0, 0.05) is 32.4 Å². The van der Waals surface area contributed by atoms with Crippen molar-refractivity contribution in [2.75, 3.05) is 35.6 Å². The van der Waals surface area contributed by atoms with Crippen LogP contribution in [0, 0.1) is 5.92 Å². The lowest BCUT2D eigenvalue weighted by Gasteiger charge is -2.32. The Labute approximate surface area is 197 Å². The molecule has 1 fully saturated rings. The quantitative estimate of drug-likeness (QED) is 0.599. The molecule has 0 bridgehead atoms. The summed E-state index contributed by atoms with van der Waals surface area (Å²) in [5.41, 5.74) is 2.81. The van der Waals surface area contributed by atoms with E-state index in [1.54, 1.807) is 24.3 Å². The molecule has 7 nitrogen and oxygen atoms in total. The predicted octanol–water partition coefficient (Wildman–Crippen LogP) is 3.79. The van der Waals surface area contributed by atoms with Crippen LogP contribution < -0.4 is 19.3 Å². The van der Waals surface area contributed by atoms with Crippen molar-refractivity contribution in [3.63, 3.8) is 0 Å². The Morgan fingerprint density at radius 3 is 2.42 bits per heavy atom. The van der Waals surface area contributed by atoms with Gasteiger partial charge in [-0.1, -0.05) is 26.0 Å². The molecule has 2 aromatic rings. The maximum Gasteiger partial charge on any atom is 0.261 e. The number of nitrogens with one attached hydrogen (secondary N) is 1. The normalized spacial score (nSPS) is 17.3. The van der Waals surface area contributed by atoms with Gasteiger partial charge >= 0.3 is 0 Å². The zero-order valence-corrected chi connectivity index (χ0v) is 20.8. The third-order valence-electron chi connectivity index (χ3n) is 6.06. The van der Waals surface area contributed by atoms with Crippen LogP contribution in [-0.4, -0.2) is 46.8 Å². The highest BCUT2D eigenvalue weighted by atomic mass is 32.2. The first-order valence-corrected chi connectivity index (χ1v) is 13.3. The molecule has 3 rings (SSSR count). The van der Waals surface area contributed by atoms with Crippen LogP contribution in [0.15, 0.2) is 48.5 Å². The monoisotopic (exact) mass is 473 g/mol. The summed E-state index contributed by atoms with van der Waals surface area (Å²) in [7, 11) is -1.84. The first-order chi connectivity index (χ1) is 15.7. The minimum atomic E-state index is -3.33. The summed E-state index contributed by atoms with van der Waals surface area (Å²) in [6.45, 7) is 6.82.